The standard InChI is InChI=1S/C10H11BrClN/c1-2-3-10(13)8-5-4-7(12)6-9(8)11/h2,4-6,10H,1,3,13H2/t10-/m0/s1. The smallest absolute Gasteiger partial charge is 0.0417 e. The molecule has 0 saturated carbocycles. The lowest BCUT2D eigenvalue weighted by molar-refractivity contribution is 0.738. The predicted octanol–water partition coefficient (Wildman–Crippen LogP) is 3.68. The molecule has 70 valence electrons. The topological polar surface area (TPSA) is 26.0 Å². The van der Waals surface area contributed by atoms with E-state index < -0.39 is 0 Å². The summed E-state index contributed by atoms with van der Waals surface area (Å²) in [4.78, 5) is 0. The molecule has 13 heavy (non-hydrogen) atoms. The molecule has 1 atom stereocenters. The van der Waals surface area contributed by atoms with Gasteiger partial charge in [-0.3, -0.25) is 0 Å². The monoisotopic (exact) mass is 259 g/mol. The minimum atomic E-state index is -0.0101. The van der Waals surface area contributed by atoms with Crippen LogP contribution in [0.3, 0.4) is 0 Å². The molecule has 3 heteroatoms. The molecule has 1 nitrogen and oxygen atoms in total. The summed E-state index contributed by atoms with van der Waals surface area (Å²) in [6.07, 6.45) is 2.58. The SMILES string of the molecule is C=CC[C@H](N)c1ccc(Cl)cc1Br. The van der Waals surface area contributed by atoms with Gasteiger partial charge in [-0.25, -0.2) is 0 Å². The zero-order valence-electron chi connectivity index (χ0n) is 7.13. The first kappa shape index (κ1) is 10.8. The summed E-state index contributed by atoms with van der Waals surface area (Å²) in [5.41, 5.74) is 6.97. The highest BCUT2D eigenvalue weighted by molar-refractivity contribution is 9.10. The van der Waals surface area contributed by atoms with E-state index in [1.165, 1.54) is 0 Å². The predicted molar refractivity (Wildman–Crippen MR) is 60.9 cm³/mol. The van der Waals surface area contributed by atoms with Crippen LogP contribution in [0.1, 0.15) is 18.0 Å². The van der Waals surface area contributed by atoms with Crippen molar-refractivity contribution in [3.63, 3.8) is 0 Å². The maximum absolute atomic E-state index is 5.91. The third-order valence-electron chi connectivity index (χ3n) is 1.78. The van der Waals surface area contributed by atoms with E-state index in [1.54, 1.807) is 0 Å². The first-order valence-corrected chi connectivity index (χ1v) is 5.13. The summed E-state index contributed by atoms with van der Waals surface area (Å²) in [7, 11) is 0. The lowest BCUT2D eigenvalue weighted by Crippen LogP contribution is -2.09. The second-order valence-electron chi connectivity index (χ2n) is 2.80. The molecular formula is C10H11BrClN. The Morgan fingerprint density at radius 3 is 2.85 bits per heavy atom. The normalized spacial score (nSPS) is 12.5. The summed E-state index contributed by atoms with van der Waals surface area (Å²) in [6, 6.07) is 5.61. The second kappa shape index (κ2) is 4.80. The molecule has 0 aliphatic heterocycles. The maximum atomic E-state index is 5.91. The number of benzene rings is 1. The minimum Gasteiger partial charge on any atom is -0.324 e. The van der Waals surface area contributed by atoms with E-state index in [0.29, 0.717) is 5.02 Å². The molecule has 0 heterocycles. The lowest BCUT2D eigenvalue weighted by atomic mass is 10.1. The van der Waals surface area contributed by atoms with Gasteiger partial charge in [0.1, 0.15) is 0 Å². The van der Waals surface area contributed by atoms with Crippen molar-refractivity contribution in [3.8, 4) is 0 Å². The molecule has 0 aliphatic carbocycles. The van der Waals surface area contributed by atoms with Crippen LogP contribution >= 0.6 is 27.5 Å². The molecule has 0 fully saturated rings. The zero-order valence-corrected chi connectivity index (χ0v) is 9.48. The largest absolute Gasteiger partial charge is 0.324 e. The van der Waals surface area contributed by atoms with E-state index in [9.17, 15) is 0 Å². The van der Waals surface area contributed by atoms with Gasteiger partial charge in [-0.15, -0.1) is 6.58 Å². The first-order valence-electron chi connectivity index (χ1n) is 3.96. The van der Waals surface area contributed by atoms with Crippen molar-refractivity contribution >= 4 is 27.5 Å². The summed E-state index contributed by atoms with van der Waals surface area (Å²) in [5, 5.41) is 0.710. The highest BCUT2D eigenvalue weighted by Crippen LogP contribution is 2.27. The van der Waals surface area contributed by atoms with Crippen LogP contribution in [0, 0.1) is 0 Å². The van der Waals surface area contributed by atoms with Crippen molar-refractivity contribution in [2.75, 3.05) is 0 Å². The van der Waals surface area contributed by atoms with Crippen LogP contribution < -0.4 is 5.73 Å². The van der Waals surface area contributed by atoms with Crippen molar-refractivity contribution in [1.82, 2.24) is 0 Å². The Kier molecular flexibility index (Phi) is 3.97. The Bertz CT molecular complexity index is 312. The first-order chi connectivity index (χ1) is 6.15. The molecule has 1 aromatic rings. The molecule has 2 N–H and O–H groups in total. The molecule has 0 unspecified atom stereocenters. The van der Waals surface area contributed by atoms with Gasteiger partial charge in [-0.2, -0.15) is 0 Å². The number of rotatable bonds is 3. The van der Waals surface area contributed by atoms with Crippen LogP contribution in [0.4, 0.5) is 0 Å². The molecule has 1 aromatic carbocycles. The van der Waals surface area contributed by atoms with Gasteiger partial charge in [0.2, 0.25) is 0 Å². The number of hydrogen-bond acceptors (Lipinski definition) is 1. The Labute approximate surface area is 91.7 Å². The molecule has 0 amide bonds. The highest BCUT2D eigenvalue weighted by atomic mass is 79.9. The van der Waals surface area contributed by atoms with Crippen molar-refractivity contribution in [2.45, 2.75) is 12.5 Å². The number of hydrogen-bond donors (Lipinski definition) is 1. The van der Waals surface area contributed by atoms with E-state index in [2.05, 4.69) is 22.5 Å². The molecule has 0 aromatic heterocycles. The molecular weight excluding hydrogens is 249 g/mol. The number of nitrogens with two attached hydrogens (primary N) is 1. The van der Waals surface area contributed by atoms with Crippen molar-refractivity contribution in [1.29, 1.82) is 0 Å². The molecule has 0 aliphatic rings. The van der Waals surface area contributed by atoms with Crippen LogP contribution in [0.25, 0.3) is 0 Å². The van der Waals surface area contributed by atoms with Gasteiger partial charge in [-0.05, 0) is 24.1 Å². The van der Waals surface area contributed by atoms with Gasteiger partial charge in [0, 0.05) is 15.5 Å². The Hall–Kier alpha value is -0.310. The van der Waals surface area contributed by atoms with E-state index in [0.717, 1.165) is 16.5 Å². The van der Waals surface area contributed by atoms with E-state index in [4.69, 9.17) is 17.3 Å². The van der Waals surface area contributed by atoms with Gasteiger partial charge >= 0.3 is 0 Å². The summed E-state index contributed by atoms with van der Waals surface area (Å²) in [6.45, 7) is 3.65. The molecule has 0 bridgehead atoms. The third-order valence-corrected chi connectivity index (χ3v) is 2.70. The second-order valence-corrected chi connectivity index (χ2v) is 4.09. The average Bonchev–Trinajstić information content (AvgIpc) is 2.04. The Morgan fingerprint density at radius 1 is 1.62 bits per heavy atom. The zero-order chi connectivity index (χ0) is 9.84. The van der Waals surface area contributed by atoms with Gasteiger partial charge in [0.25, 0.3) is 0 Å². The van der Waals surface area contributed by atoms with Gasteiger partial charge in [0.15, 0.2) is 0 Å². The maximum Gasteiger partial charge on any atom is 0.0417 e. The molecule has 0 spiro atoms. The van der Waals surface area contributed by atoms with E-state index in [-0.39, 0.29) is 6.04 Å². The van der Waals surface area contributed by atoms with Crippen molar-refractivity contribution in [2.24, 2.45) is 5.73 Å². The van der Waals surface area contributed by atoms with Gasteiger partial charge in [0.05, 0.1) is 0 Å². The van der Waals surface area contributed by atoms with Crippen molar-refractivity contribution < 1.29 is 0 Å². The molecule has 1 rings (SSSR count). The third kappa shape index (κ3) is 2.83. The minimum absolute atomic E-state index is 0.0101. The van der Waals surface area contributed by atoms with Crippen LogP contribution in [-0.4, -0.2) is 0 Å². The fourth-order valence-electron chi connectivity index (χ4n) is 1.11. The van der Waals surface area contributed by atoms with E-state index in [1.807, 2.05) is 24.3 Å². The Balaban J connectivity index is 2.94. The quantitative estimate of drug-likeness (QED) is 0.825. The fraction of sp³-hybridized carbons (Fsp3) is 0.200. The fourth-order valence-corrected chi connectivity index (χ4v) is 2.09. The highest BCUT2D eigenvalue weighted by Gasteiger charge is 2.07. The van der Waals surface area contributed by atoms with Crippen molar-refractivity contribution in [3.05, 3.63) is 45.9 Å². The van der Waals surface area contributed by atoms with Crippen LogP contribution in [0.2, 0.25) is 5.02 Å². The van der Waals surface area contributed by atoms with Gasteiger partial charge in [-0.1, -0.05) is 39.7 Å². The van der Waals surface area contributed by atoms with Crippen LogP contribution in [0.15, 0.2) is 35.3 Å². The summed E-state index contributed by atoms with van der Waals surface area (Å²) in [5.74, 6) is 0. The van der Waals surface area contributed by atoms with Gasteiger partial charge < -0.3 is 5.73 Å². The molecule has 0 saturated heterocycles. The average molecular weight is 261 g/mol. The van der Waals surface area contributed by atoms with Crippen LogP contribution in [-0.2, 0) is 0 Å². The summed E-state index contributed by atoms with van der Waals surface area (Å²) < 4.78 is 0.953. The van der Waals surface area contributed by atoms with E-state index >= 15 is 0 Å². The molecule has 0 radical (unpaired) electrons. The Morgan fingerprint density at radius 2 is 2.31 bits per heavy atom. The number of halogens is 2. The lowest BCUT2D eigenvalue weighted by Gasteiger charge is -2.11. The van der Waals surface area contributed by atoms with Crippen LogP contribution in [0.5, 0.6) is 0 Å². The summed E-state index contributed by atoms with van der Waals surface area (Å²) >= 11 is 9.23.